The van der Waals surface area contributed by atoms with Crippen LogP contribution in [0.25, 0.3) is 0 Å². The highest BCUT2D eigenvalue weighted by molar-refractivity contribution is 5.95. The molecule has 0 bridgehead atoms. The molecular weight excluding hydrogens is 505 g/mol. The number of nitrogens with two attached hydrogens (primary N) is 1. The Bertz CT molecular complexity index is 1190. The lowest BCUT2D eigenvalue weighted by atomic mass is 9.92. The second-order valence-electron chi connectivity index (χ2n) is 11.3. The van der Waals surface area contributed by atoms with E-state index in [1.807, 2.05) is 6.08 Å². The number of halogens is 1. The van der Waals surface area contributed by atoms with Gasteiger partial charge in [0, 0.05) is 24.9 Å². The number of methoxy groups -OCH3 is 1. The first-order valence-corrected chi connectivity index (χ1v) is 13.8. The maximum Gasteiger partial charge on any atom is 0.410 e. The Morgan fingerprint density at radius 3 is 2.74 bits per heavy atom. The molecule has 2 fully saturated rings. The van der Waals surface area contributed by atoms with Gasteiger partial charge in [0.15, 0.2) is 5.78 Å². The Morgan fingerprint density at radius 2 is 1.97 bits per heavy atom. The number of nitrogens with zero attached hydrogens (tertiary/aromatic N) is 2. The van der Waals surface area contributed by atoms with Crippen LogP contribution < -0.4 is 5.73 Å². The number of Topliss-reactive ketones (excluding diaryl/α,β-unsaturated/α-hetero) is 1. The summed E-state index contributed by atoms with van der Waals surface area (Å²) in [5.41, 5.74) is 6.52. The summed E-state index contributed by atoms with van der Waals surface area (Å²) < 4.78 is 25.0. The molecule has 0 radical (unpaired) electrons. The third kappa shape index (κ3) is 5.44. The molecule has 3 heterocycles. The number of ketones is 1. The van der Waals surface area contributed by atoms with Crippen LogP contribution in [0.1, 0.15) is 62.5 Å². The number of carbonyl (C=O) groups excluding carboxylic acids is 4. The number of esters is 1. The molecule has 5 rings (SSSR count). The smallest absolute Gasteiger partial charge is 0.410 e. The van der Waals surface area contributed by atoms with Crippen LogP contribution in [0.4, 0.5) is 9.18 Å². The van der Waals surface area contributed by atoms with Crippen LogP contribution in [-0.4, -0.2) is 65.4 Å². The second-order valence-corrected chi connectivity index (χ2v) is 11.3. The van der Waals surface area contributed by atoms with Gasteiger partial charge in [-0.1, -0.05) is 37.1 Å². The van der Waals surface area contributed by atoms with E-state index in [0.29, 0.717) is 18.4 Å². The zero-order chi connectivity index (χ0) is 27.7. The number of amides is 2. The number of hydrogen-bond acceptors (Lipinski definition) is 7. The Labute approximate surface area is 227 Å². The van der Waals surface area contributed by atoms with Gasteiger partial charge < -0.3 is 20.1 Å². The molecule has 1 aromatic carbocycles. The number of rotatable bonds is 2. The van der Waals surface area contributed by atoms with E-state index >= 15 is 0 Å². The van der Waals surface area contributed by atoms with Gasteiger partial charge in [0.2, 0.25) is 5.91 Å². The summed E-state index contributed by atoms with van der Waals surface area (Å²) in [6.07, 6.45) is 7.31. The van der Waals surface area contributed by atoms with Crippen LogP contribution in [0, 0.1) is 17.2 Å². The molecule has 1 aromatic rings. The molecule has 1 aliphatic carbocycles. The van der Waals surface area contributed by atoms with Gasteiger partial charge in [-0.3, -0.25) is 19.3 Å². The minimum Gasteiger partial charge on any atom is -0.469 e. The molecule has 0 aromatic heterocycles. The van der Waals surface area contributed by atoms with Gasteiger partial charge in [0.25, 0.3) is 0 Å². The first kappa shape index (κ1) is 27.3. The summed E-state index contributed by atoms with van der Waals surface area (Å²) in [5, 5.41) is 0. The maximum atomic E-state index is 14.2. The lowest BCUT2D eigenvalue weighted by molar-refractivity contribution is -0.150. The maximum absolute atomic E-state index is 14.2. The number of allylic oxidation sites excluding steroid dienone is 2. The first-order chi connectivity index (χ1) is 18.7. The van der Waals surface area contributed by atoms with Crippen molar-refractivity contribution in [3.05, 3.63) is 47.3 Å². The van der Waals surface area contributed by atoms with Crippen molar-refractivity contribution in [2.45, 2.75) is 82.6 Å². The van der Waals surface area contributed by atoms with E-state index in [1.165, 1.54) is 23.0 Å². The van der Waals surface area contributed by atoms with Crippen molar-refractivity contribution in [3.63, 3.8) is 0 Å². The van der Waals surface area contributed by atoms with E-state index in [2.05, 4.69) is 6.08 Å². The van der Waals surface area contributed by atoms with Crippen LogP contribution in [0.15, 0.2) is 30.4 Å². The largest absolute Gasteiger partial charge is 0.469 e. The van der Waals surface area contributed by atoms with Crippen molar-refractivity contribution in [1.82, 2.24) is 9.80 Å². The lowest BCUT2D eigenvalue weighted by Crippen LogP contribution is -2.49. The predicted octanol–water partition coefficient (Wildman–Crippen LogP) is 3.23. The average Bonchev–Trinajstić information content (AvgIpc) is 3.24. The fourth-order valence-corrected chi connectivity index (χ4v) is 6.29. The molecular formula is C29H36FN3O6. The molecule has 10 heteroatoms. The van der Waals surface area contributed by atoms with Gasteiger partial charge in [-0.05, 0) is 43.2 Å². The van der Waals surface area contributed by atoms with E-state index in [1.54, 1.807) is 12.1 Å². The topological polar surface area (TPSA) is 119 Å². The first-order valence-electron chi connectivity index (χ1n) is 13.8. The van der Waals surface area contributed by atoms with Crippen molar-refractivity contribution in [2.24, 2.45) is 17.1 Å². The number of fused-ring (bicyclic) bond motifs is 3. The quantitative estimate of drug-likeness (QED) is 0.451. The number of hydrogen-bond donors (Lipinski definition) is 1. The summed E-state index contributed by atoms with van der Waals surface area (Å²) in [7, 11) is 1.32. The molecule has 0 spiro atoms. The lowest BCUT2D eigenvalue weighted by Gasteiger charge is -2.27. The molecule has 2 amide bonds. The summed E-state index contributed by atoms with van der Waals surface area (Å²) in [6.45, 7) is 0.365. The van der Waals surface area contributed by atoms with Gasteiger partial charge >= 0.3 is 12.1 Å². The molecule has 2 N–H and O–H groups in total. The van der Waals surface area contributed by atoms with Crippen LogP contribution in [0.2, 0.25) is 0 Å². The zero-order valence-corrected chi connectivity index (χ0v) is 22.3. The van der Waals surface area contributed by atoms with Crippen molar-refractivity contribution >= 4 is 23.8 Å². The highest BCUT2D eigenvalue weighted by Gasteiger charge is 2.61. The number of benzene rings is 1. The molecule has 5 atom stereocenters. The van der Waals surface area contributed by atoms with E-state index in [4.69, 9.17) is 15.2 Å². The molecule has 0 unspecified atom stereocenters. The monoisotopic (exact) mass is 541 g/mol. The summed E-state index contributed by atoms with van der Waals surface area (Å²) in [4.78, 5) is 55.6. The van der Waals surface area contributed by atoms with Crippen molar-refractivity contribution < 1.29 is 33.0 Å². The van der Waals surface area contributed by atoms with Gasteiger partial charge in [-0.2, -0.15) is 0 Å². The molecule has 1 saturated carbocycles. The minimum atomic E-state index is -0.931. The van der Waals surface area contributed by atoms with Crippen LogP contribution in [0.3, 0.4) is 0 Å². The van der Waals surface area contributed by atoms with Gasteiger partial charge in [-0.25, -0.2) is 9.18 Å². The average molecular weight is 542 g/mol. The second kappa shape index (κ2) is 11.1. The highest BCUT2D eigenvalue weighted by atomic mass is 19.1. The van der Waals surface area contributed by atoms with Gasteiger partial charge in [0.1, 0.15) is 11.9 Å². The van der Waals surface area contributed by atoms with Gasteiger partial charge in [0.05, 0.1) is 37.7 Å². The predicted molar refractivity (Wildman–Crippen MR) is 138 cm³/mol. The molecule has 39 heavy (non-hydrogen) atoms. The minimum absolute atomic E-state index is 0.0401. The SMILES string of the molecule is COC(=O)[C@]12CC(=O)[C@@H]3C[C@@H](OC(=O)N4Cc5cccc(F)c5C4)CN3C(=O)[C@@H](N)CCCCC/C=C\[C@@H]1C2. The molecule has 1 saturated heterocycles. The van der Waals surface area contributed by atoms with Gasteiger partial charge in [-0.15, -0.1) is 0 Å². The zero-order valence-electron chi connectivity index (χ0n) is 22.3. The van der Waals surface area contributed by atoms with Crippen LogP contribution in [0.5, 0.6) is 0 Å². The fraction of sp³-hybridized carbons (Fsp3) is 0.586. The molecule has 3 aliphatic heterocycles. The third-order valence-electron chi connectivity index (χ3n) is 8.66. The number of ether oxygens (including phenoxy) is 2. The summed E-state index contributed by atoms with van der Waals surface area (Å²) in [6, 6.07) is 3.11. The normalized spacial score (nSPS) is 31.9. The van der Waals surface area contributed by atoms with E-state index in [-0.39, 0.29) is 55.9 Å². The molecule has 210 valence electrons. The Hall–Kier alpha value is -3.27. The van der Waals surface area contributed by atoms with E-state index < -0.39 is 35.7 Å². The fourth-order valence-electron chi connectivity index (χ4n) is 6.29. The van der Waals surface area contributed by atoms with E-state index in [0.717, 1.165) is 31.2 Å². The Kier molecular flexibility index (Phi) is 7.75. The van der Waals surface area contributed by atoms with Crippen LogP contribution in [-0.2, 0) is 36.9 Å². The van der Waals surface area contributed by atoms with E-state index in [9.17, 15) is 23.6 Å². The summed E-state index contributed by atoms with van der Waals surface area (Å²) in [5.74, 6) is -1.49. The Morgan fingerprint density at radius 1 is 1.15 bits per heavy atom. The number of carbonyl (C=O) groups is 4. The Balaban J connectivity index is 1.32. The van der Waals surface area contributed by atoms with Crippen molar-refractivity contribution in [1.29, 1.82) is 0 Å². The standard InChI is InChI=1S/C29H36FN3O6/c1-38-27(36)29-13-19(29)9-5-3-2-4-6-11-23(31)26(35)33-16-20(12-24(33)25(34)14-29)39-28(37)32-15-18-8-7-10-22(30)21(18)17-32/h5,7-10,19-20,23-24H,2-4,6,11-17,31H2,1H3/b9-5-/t19-,20-,23+,24+,29-/m1/s1. The molecule has 9 nitrogen and oxygen atoms in total. The van der Waals surface area contributed by atoms with Crippen molar-refractivity contribution in [3.8, 4) is 0 Å². The summed E-state index contributed by atoms with van der Waals surface area (Å²) >= 11 is 0. The van der Waals surface area contributed by atoms with Crippen LogP contribution >= 0.6 is 0 Å². The molecule has 4 aliphatic rings. The van der Waals surface area contributed by atoms with Crippen molar-refractivity contribution in [2.75, 3.05) is 13.7 Å². The highest BCUT2D eigenvalue weighted by Crippen LogP contribution is 2.57. The third-order valence-corrected chi connectivity index (χ3v) is 8.66.